The summed E-state index contributed by atoms with van der Waals surface area (Å²) in [6.07, 6.45) is 6.61. The van der Waals surface area contributed by atoms with E-state index in [1.54, 1.807) is 30.3 Å². The molecule has 1 aromatic rings. The number of rotatable bonds is 9. The van der Waals surface area contributed by atoms with Gasteiger partial charge in [0.2, 0.25) is 0 Å². The minimum absolute atomic E-state index is 0.243. The lowest BCUT2D eigenvalue weighted by Crippen LogP contribution is -2.23. The average molecular weight is 282 g/mol. The minimum atomic E-state index is -2.92. The summed E-state index contributed by atoms with van der Waals surface area (Å²) in [5.74, 6) is -2.21. The molecule has 0 saturated carbocycles. The van der Waals surface area contributed by atoms with Crippen LogP contribution in [0.15, 0.2) is 42.5 Å². The summed E-state index contributed by atoms with van der Waals surface area (Å²) in [4.78, 5) is 0. The maximum absolute atomic E-state index is 13.7. The fraction of sp³-hybridized carbons (Fsp3) is 0.529. The maximum atomic E-state index is 13.7. The normalized spacial score (nSPS) is 12.2. The molecule has 0 bridgehead atoms. The first-order valence-corrected chi connectivity index (χ1v) is 7.32. The highest BCUT2D eigenvalue weighted by Gasteiger charge is 2.26. The molecule has 3 heteroatoms. The Morgan fingerprint density at radius 1 is 1.10 bits per heavy atom. The number of hydrogen-bond acceptors (Lipinski definition) is 1. The van der Waals surface area contributed by atoms with E-state index in [9.17, 15) is 8.78 Å². The number of benzene rings is 1. The predicted molar refractivity (Wildman–Crippen MR) is 79.3 cm³/mol. The first kappa shape index (κ1) is 16.7. The van der Waals surface area contributed by atoms with Crippen LogP contribution >= 0.6 is 0 Å². The molecular weight excluding hydrogens is 258 g/mol. The largest absolute Gasteiger partial charge is 0.487 e. The summed E-state index contributed by atoms with van der Waals surface area (Å²) in [5, 5.41) is 0. The predicted octanol–water partition coefficient (Wildman–Crippen LogP) is 5.47. The summed E-state index contributed by atoms with van der Waals surface area (Å²) < 4.78 is 32.6. The minimum Gasteiger partial charge on any atom is -0.487 e. The van der Waals surface area contributed by atoms with Crippen molar-refractivity contribution in [1.82, 2.24) is 0 Å². The van der Waals surface area contributed by atoms with Gasteiger partial charge in [0.25, 0.3) is 5.92 Å². The molecule has 0 unspecified atom stereocenters. The van der Waals surface area contributed by atoms with E-state index in [2.05, 4.69) is 13.8 Å². The van der Waals surface area contributed by atoms with Crippen molar-refractivity contribution < 1.29 is 13.5 Å². The van der Waals surface area contributed by atoms with Gasteiger partial charge in [-0.05, 0) is 37.0 Å². The van der Waals surface area contributed by atoms with E-state index in [1.807, 2.05) is 6.07 Å². The van der Waals surface area contributed by atoms with E-state index >= 15 is 0 Å². The summed E-state index contributed by atoms with van der Waals surface area (Å²) >= 11 is 0. The number of para-hydroxylation sites is 1. The van der Waals surface area contributed by atoms with Gasteiger partial charge in [-0.1, -0.05) is 51.0 Å². The highest BCUT2D eigenvalue weighted by Crippen LogP contribution is 2.22. The zero-order chi connectivity index (χ0) is 14.8. The summed E-state index contributed by atoms with van der Waals surface area (Å²) in [6, 6.07) is 8.71. The van der Waals surface area contributed by atoms with E-state index < -0.39 is 12.5 Å². The Morgan fingerprint density at radius 3 is 2.25 bits per heavy atom. The standard InChI is InChI=1S/C17H24F2O/c1-3-8-15(9-4-2)12-13-17(18,19)14-20-16-10-6-5-7-11-16/h5-7,10-13,15H,3-4,8-9,14H2,1-2H3/b13-12+. The molecule has 0 fully saturated rings. The van der Waals surface area contributed by atoms with E-state index in [4.69, 9.17) is 4.74 Å². The Kier molecular flexibility index (Phi) is 7.27. The van der Waals surface area contributed by atoms with E-state index in [1.165, 1.54) is 0 Å². The zero-order valence-corrected chi connectivity index (χ0v) is 12.3. The van der Waals surface area contributed by atoms with Crippen molar-refractivity contribution >= 4 is 0 Å². The lowest BCUT2D eigenvalue weighted by molar-refractivity contribution is 0.00460. The Balaban J connectivity index is 2.50. The maximum Gasteiger partial charge on any atom is 0.299 e. The van der Waals surface area contributed by atoms with Gasteiger partial charge in [-0.3, -0.25) is 0 Å². The van der Waals surface area contributed by atoms with Crippen LogP contribution in [0.25, 0.3) is 0 Å². The molecule has 0 aliphatic rings. The molecule has 0 spiro atoms. The lowest BCUT2D eigenvalue weighted by Gasteiger charge is -2.15. The monoisotopic (exact) mass is 282 g/mol. The lowest BCUT2D eigenvalue weighted by atomic mass is 9.97. The quantitative estimate of drug-likeness (QED) is 0.545. The van der Waals surface area contributed by atoms with Crippen molar-refractivity contribution in [2.24, 2.45) is 5.92 Å². The van der Waals surface area contributed by atoms with Crippen LogP contribution < -0.4 is 4.74 Å². The number of ether oxygens (including phenoxy) is 1. The molecule has 0 amide bonds. The van der Waals surface area contributed by atoms with E-state index in [-0.39, 0.29) is 5.92 Å². The third-order valence-corrected chi connectivity index (χ3v) is 3.11. The van der Waals surface area contributed by atoms with Crippen molar-refractivity contribution in [2.45, 2.75) is 45.5 Å². The fourth-order valence-electron chi connectivity index (χ4n) is 2.10. The first-order chi connectivity index (χ1) is 9.57. The Labute approximate surface area is 120 Å². The second-order valence-electron chi connectivity index (χ2n) is 5.06. The molecule has 0 saturated heterocycles. The second kappa shape index (κ2) is 8.72. The van der Waals surface area contributed by atoms with Gasteiger partial charge >= 0.3 is 0 Å². The van der Waals surface area contributed by atoms with Crippen molar-refractivity contribution in [3.05, 3.63) is 42.5 Å². The molecule has 20 heavy (non-hydrogen) atoms. The molecule has 0 atom stereocenters. The molecular formula is C17H24F2O. The summed E-state index contributed by atoms with van der Waals surface area (Å²) in [6.45, 7) is 3.54. The SMILES string of the molecule is CCCC(/C=C/C(F)(F)COc1ccccc1)CCC. The molecule has 1 nitrogen and oxygen atoms in total. The third kappa shape index (κ3) is 6.69. The van der Waals surface area contributed by atoms with Gasteiger partial charge in [-0.15, -0.1) is 0 Å². The van der Waals surface area contributed by atoms with Gasteiger partial charge in [-0.2, -0.15) is 8.78 Å². The molecule has 0 radical (unpaired) electrons. The fourth-order valence-corrected chi connectivity index (χ4v) is 2.10. The Bertz CT molecular complexity index is 381. The molecule has 112 valence electrons. The van der Waals surface area contributed by atoms with E-state index in [0.717, 1.165) is 31.8 Å². The van der Waals surface area contributed by atoms with Crippen LogP contribution in [-0.4, -0.2) is 12.5 Å². The van der Waals surface area contributed by atoms with Gasteiger partial charge in [0.05, 0.1) is 0 Å². The molecule has 0 heterocycles. The smallest absolute Gasteiger partial charge is 0.299 e. The third-order valence-electron chi connectivity index (χ3n) is 3.11. The van der Waals surface area contributed by atoms with Crippen molar-refractivity contribution in [2.75, 3.05) is 6.61 Å². The van der Waals surface area contributed by atoms with Crippen LogP contribution in [0.5, 0.6) is 5.75 Å². The highest BCUT2D eigenvalue weighted by molar-refractivity contribution is 5.21. The highest BCUT2D eigenvalue weighted by atomic mass is 19.3. The number of alkyl halides is 2. The van der Waals surface area contributed by atoms with Crippen LogP contribution in [0.4, 0.5) is 8.78 Å². The van der Waals surface area contributed by atoms with Crippen molar-refractivity contribution in [1.29, 1.82) is 0 Å². The molecule has 0 N–H and O–H groups in total. The molecule has 1 rings (SSSR count). The van der Waals surface area contributed by atoms with Gasteiger partial charge in [0, 0.05) is 0 Å². The topological polar surface area (TPSA) is 9.23 Å². The molecule has 1 aromatic carbocycles. The van der Waals surface area contributed by atoms with Crippen LogP contribution in [0.2, 0.25) is 0 Å². The van der Waals surface area contributed by atoms with Gasteiger partial charge in [-0.25, -0.2) is 0 Å². The average Bonchev–Trinajstić information content (AvgIpc) is 2.45. The number of halogens is 2. The Hall–Kier alpha value is -1.38. The molecule has 0 aliphatic heterocycles. The van der Waals surface area contributed by atoms with Crippen LogP contribution in [-0.2, 0) is 0 Å². The number of hydrogen-bond donors (Lipinski definition) is 0. The van der Waals surface area contributed by atoms with Crippen LogP contribution in [0.1, 0.15) is 39.5 Å². The number of allylic oxidation sites excluding steroid dienone is 1. The molecule has 0 aromatic heterocycles. The van der Waals surface area contributed by atoms with Gasteiger partial charge in [0.1, 0.15) is 5.75 Å². The van der Waals surface area contributed by atoms with E-state index in [0.29, 0.717) is 5.75 Å². The molecule has 0 aliphatic carbocycles. The summed E-state index contributed by atoms with van der Waals surface area (Å²) in [7, 11) is 0. The first-order valence-electron chi connectivity index (χ1n) is 7.32. The van der Waals surface area contributed by atoms with Crippen molar-refractivity contribution in [3.63, 3.8) is 0 Å². The van der Waals surface area contributed by atoms with Crippen LogP contribution in [0, 0.1) is 5.92 Å². The van der Waals surface area contributed by atoms with Gasteiger partial charge < -0.3 is 4.74 Å². The Morgan fingerprint density at radius 2 is 1.70 bits per heavy atom. The van der Waals surface area contributed by atoms with Crippen LogP contribution in [0.3, 0.4) is 0 Å². The summed E-state index contributed by atoms with van der Waals surface area (Å²) in [5.41, 5.74) is 0. The van der Waals surface area contributed by atoms with Gasteiger partial charge in [0.15, 0.2) is 6.61 Å². The van der Waals surface area contributed by atoms with Crippen molar-refractivity contribution in [3.8, 4) is 5.75 Å². The second-order valence-corrected chi connectivity index (χ2v) is 5.06. The zero-order valence-electron chi connectivity index (χ0n) is 12.3.